The van der Waals surface area contributed by atoms with Gasteiger partial charge in [0.15, 0.2) is 0 Å². The van der Waals surface area contributed by atoms with Crippen molar-refractivity contribution in [1.82, 2.24) is 4.90 Å². The van der Waals surface area contributed by atoms with E-state index in [-0.39, 0.29) is 5.41 Å². The van der Waals surface area contributed by atoms with E-state index in [2.05, 4.69) is 32.8 Å². The van der Waals surface area contributed by atoms with Crippen LogP contribution in [0.25, 0.3) is 0 Å². The number of aliphatic hydroxyl groups is 1. The number of ether oxygens (including phenoxy) is 1. The third-order valence-corrected chi connectivity index (χ3v) is 2.41. The van der Waals surface area contributed by atoms with Crippen LogP contribution in [0.4, 0.5) is 0 Å². The zero-order valence-corrected chi connectivity index (χ0v) is 11.1. The van der Waals surface area contributed by atoms with Crippen molar-refractivity contribution in [2.75, 3.05) is 33.9 Å². The molecule has 92 valence electrons. The Morgan fingerprint density at radius 3 is 2.07 bits per heavy atom. The summed E-state index contributed by atoms with van der Waals surface area (Å²) in [5, 5.41) is 9.77. The zero-order chi connectivity index (χ0) is 12.1. The average molecular weight is 217 g/mol. The molecule has 3 nitrogen and oxygen atoms in total. The second-order valence-electron chi connectivity index (χ2n) is 5.75. The van der Waals surface area contributed by atoms with Crippen molar-refractivity contribution < 1.29 is 9.84 Å². The van der Waals surface area contributed by atoms with Gasteiger partial charge in [-0.1, -0.05) is 20.8 Å². The van der Waals surface area contributed by atoms with E-state index >= 15 is 0 Å². The van der Waals surface area contributed by atoms with Crippen LogP contribution in [-0.2, 0) is 4.74 Å². The number of hydrogen-bond acceptors (Lipinski definition) is 3. The molecule has 0 bridgehead atoms. The molecule has 15 heavy (non-hydrogen) atoms. The molecule has 0 radical (unpaired) electrons. The maximum Gasteiger partial charge on any atom is 0.0849 e. The summed E-state index contributed by atoms with van der Waals surface area (Å²) in [6, 6.07) is 0. The van der Waals surface area contributed by atoms with Crippen molar-refractivity contribution in [1.29, 1.82) is 0 Å². The van der Waals surface area contributed by atoms with E-state index in [1.807, 2.05) is 13.8 Å². The van der Waals surface area contributed by atoms with Crippen molar-refractivity contribution >= 4 is 0 Å². The van der Waals surface area contributed by atoms with E-state index < -0.39 is 5.60 Å². The van der Waals surface area contributed by atoms with Crippen LogP contribution in [-0.4, -0.2) is 49.5 Å². The van der Waals surface area contributed by atoms with E-state index in [9.17, 15) is 5.11 Å². The van der Waals surface area contributed by atoms with Gasteiger partial charge in [0.25, 0.3) is 0 Å². The summed E-state index contributed by atoms with van der Waals surface area (Å²) >= 11 is 0. The van der Waals surface area contributed by atoms with E-state index in [1.54, 1.807) is 0 Å². The molecule has 0 aromatic heterocycles. The summed E-state index contributed by atoms with van der Waals surface area (Å²) in [5.74, 6) is 0. The minimum Gasteiger partial charge on any atom is -0.388 e. The van der Waals surface area contributed by atoms with Crippen LogP contribution >= 0.6 is 0 Å². The fourth-order valence-electron chi connectivity index (χ4n) is 1.55. The summed E-state index contributed by atoms with van der Waals surface area (Å²) in [6.45, 7) is 10.2. The molecule has 3 heteroatoms. The van der Waals surface area contributed by atoms with Gasteiger partial charge in [-0.25, -0.2) is 0 Å². The quantitative estimate of drug-likeness (QED) is 0.705. The van der Waals surface area contributed by atoms with Crippen LogP contribution in [0.5, 0.6) is 0 Å². The maximum absolute atomic E-state index is 9.77. The van der Waals surface area contributed by atoms with Gasteiger partial charge in [-0.05, 0) is 27.4 Å². The number of nitrogens with zero attached hydrogens (tertiary/aromatic N) is 1. The van der Waals surface area contributed by atoms with Crippen LogP contribution < -0.4 is 0 Å². The van der Waals surface area contributed by atoms with Gasteiger partial charge in [-0.2, -0.15) is 0 Å². The highest BCUT2D eigenvalue weighted by molar-refractivity contribution is 4.73. The summed E-state index contributed by atoms with van der Waals surface area (Å²) < 4.78 is 5.58. The van der Waals surface area contributed by atoms with Crippen molar-refractivity contribution in [3.05, 3.63) is 0 Å². The van der Waals surface area contributed by atoms with E-state index in [4.69, 9.17) is 4.74 Å². The monoisotopic (exact) mass is 217 g/mol. The first kappa shape index (κ1) is 14.9. The molecule has 0 rings (SSSR count). The fraction of sp³-hybridized carbons (Fsp3) is 1.00. The van der Waals surface area contributed by atoms with Crippen LogP contribution in [0.15, 0.2) is 0 Å². The smallest absolute Gasteiger partial charge is 0.0849 e. The fourth-order valence-corrected chi connectivity index (χ4v) is 1.55. The molecule has 1 atom stereocenters. The molecular formula is C12H27NO2. The first-order valence-corrected chi connectivity index (χ1v) is 5.63. The zero-order valence-electron chi connectivity index (χ0n) is 11.1. The molecule has 0 amide bonds. The molecule has 0 fully saturated rings. The normalized spacial score (nSPS) is 16.8. The summed E-state index contributed by atoms with van der Waals surface area (Å²) in [7, 11) is 4.12. The first-order chi connectivity index (χ1) is 6.68. The third kappa shape index (κ3) is 7.77. The summed E-state index contributed by atoms with van der Waals surface area (Å²) in [5.41, 5.74) is -0.554. The molecule has 1 N–H and O–H groups in total. The Hall–Kier alpha value is -0.120. The van der Waals surface area contributed by atoms with Crippen molar-refractivity contribution in [3.63, 3.8) is 0 Å². The molecule has 0 aromatic rings. The second-order valence-corrected chi connectivity index (χ2v) is 5.75. The van der Waals surface area contributed by atoms with Gasteiger partial charge in [0.1, 0.15) is 0 Å². The summed E-state index contributed by atoms with van der Waals surface area (Å²) in [6.07, 6.45) is 0.723. The van der Waals surface area contributed by atoms with Gasteiger partial charge in [0.2, 0.25) is 0 Å². The lowest BCUT2D eigenvalue weighted by atomic mass is 9.94. The van der Waals surface area contributed by atoms with Crippen LogP contribution in [0, 0.1) is 5.41 Å². The van der Waals surface area contributed by atoms with Gasteiger partial charge in [0.05, 0.1) is 18.8 Å². The summed E-state index contributed by atoms with van der Waals surface area (Å²) in [4.78, 5) is 2.15. The topological polar surface area (TPSA) is 32.7 Å². The predicted octanol–water partition coefficient (Wildman–Crippen LogP) is 1.75. The number of hydrogen-bond donors (Lipinski definition) is 1. The van der Waals surface area contributed by atoms with E-state index in [0.717, 1.165) is 13.0 Å². The average Bonchev–Trinajstić information content (AvgIpc) is 2.00. The Bertz CT molecular complexity index is 176. The SMILES string of the molecule is CCC(C)(O)COCC(C)(C)CN(C)C. The highest BCUT2D eigenvalue weighted by atomic mass is 16.5. The molecule has 1 unspecified atom stereocenters. The Balaban J connectivity index is 3.84. The second kappa shape index (κ2) is 5.83. The molecule has 0 aliphatic heterocycles. The molecule has 0 saturated carbocycles. The lowest BCUT2D eigenvalue weighted by Gasteiger charge is -2.30. The van der Waals surface area contributed by atoms with Gasteiger partial charge >= 0.3 is 0 Å². The largest absolute Gasteiger partial charge is 0.388 e. The minimum absolute atomic E-state index is 0.132. The standard InChI is InChI=1S/C12H27NO2/c1-7-12(4,14)10-15-9-11(2,3)8-13(5)6/h14H,7-10H2,1-6H3. The maximum atomic E-state index is 9.77. The molecule has 0 saturated heterocycles. The molecule has 0 spiro atoms. The highest BCUT2D eigenvalue weighted by Gasteiger charge is 2.22. The van der Waals surface area contributed by atoms with E-state index in [0.29, 0.717) is 13.2 Å². The number of rotatable bonds is 7. The lowest BCUT2D eigenvalue weighted by Crippen LogP contribution is -2.36. The molecular weight excluding hydrogens is 190 g/mol. The predicted molar refractivity (Wildman–Crippen MR) is 64.1 cm³/mol. The van der Waals surface area contributed by atoms with Crippen molar-refractivity contribution in [2.45, 2.75) is 39.7 Å². The van der Waals surface area contributed by atoms with Crippen molar-refractivity contribution in [2.24, 2.45) is 5.41 Å². The highest BCUT2D eigenvalue weighted by Crippen LogP contribution is 2.18. The molecule has 0 aliphatic rings. The third-order valence-electron chi connectivity index (χ3n) is 2.41. The van der Waals surface area contributed by atoms with Crippen molar-refractivity contribution in [3.8, 4) is 0 Å². The Kier molecular flexibility index (Phi) is 5.78. The Morgan fingerprint density at radius 2 is 1.67 bits per heavy atom. The Morgan fingerprint density at radius 1 is 1.13 bits per heavy atom. The van der Waals surface area contributed by atoms with E-state index in [1.165, 1.54) is 0 Å². The first-order valence-electron chi connectivity index (χ1n) is 5.63. The molecule has 0 aromatic carbocycles. The van der Waals surface area contributed by atoms with Gasteiger partial charge in [-0.3, -0.25) is 0 Å². The van der Waals surface area contributed by atoms with Gasteiger partial charge < -0.3 is 14.7 Å². The van der Waals surface area contributed by atoms with Crippen LogP contribution in [0.2, 0.25) is 0 Å². The Labute approximate surface area is 94.4 Å². The van der Waals surface area contributed by atoms with Crippen LogP contribution in [0.1, 0.15) is 34.1 Å². The van der Waals surface area contributed by atoms with Gasteiger partial charge in [-0.15, -0.1) is 0 Å². The van der Waals surface area contributed by atoms with Crippen LogP contribution in [0.3, 0.4) is 0 Å². The molecule has 0 heterocycles. The minimum atomic E-state index is -0.686. The molecule has 0 aliphatic carbocycles. The lowest BCUT2D eigenvalue weighted by molar-refractivity contribution is -0.0571. The van der Waals surface area contributed by atoms with Gasteiger partial charge in [0, 0.05) is 12.0 Å².